The van der Waals surface area contributed by atoms with E-state index in [0.29, 0.717) is 13.0 Å². The second-order valence-corrected chi connectivity index (χ2v) is 5.91. The number of carbonyl (C=O) groups excluding carboxylic acids is 2. The number of primary amides is 1. The maximum absolute atomic E-state index is 12.2. The van der Waals surface area contributed by atoms with E-state index in [9.17, 15) is 14.4 Å². The topological polar surface area (TPSA) is 101 Å². The van der Waals surface area contributed by atoms with Crippen LogP contribution in [0.4, 0.5) is 0 Å². The van der Waals surface area contributed by atoms with Gasteiger partial charge in [-0.05, 0) is 24.7 Å². The fourth-order valence-electron chi connectivity index (χ4n) is 2.51. The van der Waals surface area contributed by atoms with Gasteiger partial charge in [-0.1, -0.05) is 13.8 Å². The lowest BCUT2D eigenvalue weighted by Crippen LogP contribution is -2.51. The van der Waals surface area contributed by atoms with Gasteiger partial charge in [0.1, 0.15) is 6.04 Å². The molecule has 1 rings (SSSR count). The lowest BCUT2D eigenvalue weighted by Gasteiger charge is -2.35. The molecule has 1 fully saturated rings. The van der Waals surface area contributed by atoms with E-state index in [1.54, 1.807) is 13.8 Å². The average molecular weight is 270 g/mol. The molecule has 6 heteroatoms. The van der Waals surface area contributed by atoms with E-state index in [1.165, 1.54) is 4.90 Å². The summed E-state index contributed by atoms with van der Waals surface area (Å²) in [5.41, 5.74) is 4.69. The Balaban J connectivity index is 2.70. The number of rotatable bonds is 5. The molecule has 0 aliphatic carbocycles. The predicted molar refractivity (Wildman–Crippen MR) is 69.2 cm³/mol. The van der Waals surface area contributed by atoms with Gasteiger partial charge in [-0.25, -0.2) is 0 Å². The second kappa shape index (κ2) is 6.04. The van der Waals surface area contributed by atoms with Gasteiger partial charge >= 0.3 is 5.97 Å². The first-order chi connectivity index (χ1) is 8.73. The zero-order chi connectivity index (χ0) is 14.6. The van der Waals surface area contributed by atoms with Crippen molar-refractivity contribution in [2.45, 2.75) is 52.0 Å². The molecule has 1 aliphatic rings. The number of hydrogen-bond acceptors (Lipinski definition) is 3. The molecule has 0 bridgehead atoms. The minimum absolute atomic E-state index is 0.0756. The molecular weight excluding hydrogens is 248 g/mol. The Bertz CT molecular complexity index is 379. The Kier molecular flexibility index (Phi) is 4.91. The average Bonchev–Trinajstić information content (AvgIpc) is 2.26. The number of piperidine rings is 1. The van der Waals surface area contributed by atoms with Gasteiger partial charge in [0.25, 0.3) is 0 Å². The number of likely N-dealkylation sites (tertiary alicyclic amines) is 1. The first-order valence-electron chi connectivity index (χ1n) is 6.53. The normalized spacial score (nSPS) is 20.1. The monoisotopic (exact) mass is 270 g/mol. The SMILES string of the molecule is CC(C)(CC(=O)O)CC(=O)N1CCCCC1C(N)=O. The van der Waals surface area contributed by atoms with Crippen LogP contribution in [0.1, 0.15) is 46.0 Å². The zero-order valence-electron chi connectivity index (χ0n) is 11.5. The lowest BCUT2D eigenvalue weighted by atomic mass is 9.84. The summed E-state index contributed by atoms with van der Waals surface area (Å²) in [7, 11) is 0. The van der Waals surface area contributed by atoms with Crippen molar-refractivity contribution in [2.75, 3.05) is 6.54 Å². The standard InChI is InChI=1S/C13H22N2O4/c1-13(2,8-11(17)18)7-10(16)15-6-4-3-5-9(15)12(14)19/h9H,3-8H2,1-2H3,(H2,14,19)(H,17,18). The minimum atomic E-state index is -0.928. The maximum atomic E-state index is 12.2. The molecule has 1 unspecified atom stereocenters. The zero-order valence-corrected chi connectivity index (χ0v) is 11.5. The van der Waals surface area contributed by atoms with Gasteiger partial charge in [-0.15, -0.1) is 0 Å². The number of nitrogens with two attached hydrogens (primary N) is 1. The third-order valence-corrected chi connectivity index (χ3v) is 3.41. The number of nitrogens with zero attached hydrogens (tertiary/aromatic N) is 1. The van der Waals surface area contributed by atoms with E-state index < -0.39 is 23.3 Å². The number of hydrogen-bond donors (Lipinski definition) is 2. The van der Waals surface area contributed by atoms with Gasteiger partial charge in [-0.3, -0.25) is 14.4 Å². The fraction of sp³-hybridized carbons (Fsp3) is 0.769. The van der Waals surface area contributed by atoms with E-state index in [1.807, 2.05) is 0 Å². The number of aliphatic carboxylic acids is 1. The summed E-state index contributed by atoms with van der Waals surface area (Å²) in [6.45, 7) is 4.00. The number of amides is 2. The molecule has 0 saturated carbocycles. The van der Waals surface area contributed by atoms with Gasteiger partial charge in [-0.2, -0.15) is 0 Å². The van der Waals surface area contributed by atoms with Crippen LogP contribution in [0.25, 0.3) is 0 Å². The Morgan fingerprint density at radius 3 is 2.42 bits per heavy atom. The number of carbonyl (C=O) groups is 3. The lowest BCUT2D eigenvalue weighted by molar-refractivity contribution is -0.144. The van der Waals surface area contributed by atoms with E-state index in [2.05, 4.69) is 0 Å². The molecule has 6 nitrogen and oxygen atoms in total. The quantitative estimate of drug-likeness (QED) is 0.769. The molecule has 0 radical (unpaired) electrons. The van der Waals surface area contributed by atoms with Crippen LogP contribution in [0.5, 0.6) is 0 Å². The van der Waals surface area contributed by atoms with Crippen LogP contribution in [0.15, 0.2) is 0 Å². The van der Waals surface area contributed by atoms with E-state index >= 15 is 0 Å². The summed E-state index contributed by atoms with van der Waals surface area (Å²) < 4.78 is 0. The second-order valence-electron chi connectivity index (χ2n) is 5.91. The number of carboxylic acid groups (broad SMARTS) is 1. The molecule has 1 heterocycles. The Labute approximate surface area is 112 Å². The van der Waals surface area contributed by atoms with Crippen molar-refractivity contribution in [2.24, 2.45) is 11.1 Å². The minimum Gasteiger partial charge on any atom is -0.481 e. The molecule has 0 aromatic rings. The van der Waals surface area contributed by atoms with Crippen molar-refractivity contribution in [3.05, 3.63) is 0 Å². The predicted octanol–water partition coefficient (Wildman–Crippen LogP) is 0.744. The Morgan fingerprint density at radius 1 is 1.26 bits per heavy atom. The van der Waals surface area contributed by atoms with E-state index in [4.69, 9.17) is 10.8 Å². The highest BCUT2D eigenvalue weighted by Crippen LogP contribution is 2.28. The third-order valence-electron chi connectivity index (χ3n) is 3.41. The number of carboxylic acids is 1. The molecule has 2 amide bonds. The van der Waals surface area contributed by atoms with E-state index in [-0.39, 0.29) is 18.7 Å². The van der Waals surface area contributed by atoms with Gasteiger partial charge in [0.05, 0.1) is 6.42 Å². The summed E-state index contributed by atoms with van der Waals surface area (Å²) in [5.74, 6) is -1.60. The van der Waals surface area contributed by atoms with Crippen LogP contribution < -0.4 is 5.73 Å². The summed E-state index contributed by atoms with van der Waals surface area (Å²) in [6.07, 6.45) is 2.38. The Morgan fingerprint density at radius 2 is 1.89 bits per heavy atom. The molecule has 0 aromatic heterocycles. The van der Waals surface area contributed by atoms with Crippen molar-refractivity contribution < 1.29 is 19.5 Å². The first-order valence-corrected chi connectivity index (χ1v) is 6.53. The highest BCUT2D eigenvalue weighted by Gasteiger charge is 2.34. The van der Waals surface area contributed by atoms with Crippen LogP contribution in [-0.4, -0.2) is 40.4 Å². The van der Waals surface area contributed by atoms with E-state index in [0.717, 1.165) is 12.8 Å². The van der Waals surface area contributed by atoms with Crippen LogP contribution in [0, 0.1) is 5.41 Å². The van der Waals surface area contributed by atoms with Crippen LogP contribution >= 0.6 is 0 Å². The molecule has 1 aliphatic heterocycles. The summed E-state index contributed by atoms with van der Waals surface area (Å²) >= 11 is 0. The van der Waals surface area contributed by atoms with Crippen molar-refractivity contribution >= 4 is 17.8 Å². The third kappa shape index (κ3) is 4.54. The Hall–Kier alpha value is -1.59. The van der Waals surface area contributed by atoms with Gasteiger partial charge in [0.15, 0.2) is 0 Å². The summed E-state index contributed by atoms with van der Waals surface area (Å²) in [4.78, 5) is 35.8. The van der Waals surface area contributed by atoms with Gasteiger partial charge in [0, 0.05) is 13.0 Å². The molecule has 1 atom stereocenters. The van der Waals surface area contributed by atoms with Crippen LogP contribution in [0.3, 0.4) is 0 Å². The largest absolute Gasteiger partial charge is 0.481 e. The van der Waals surface area contributed by atoms with Crippen molar-refractivity contribution in [3.8, 4) is 0 Å². The van der Waals surface area contributed by atoms with Crippen LogP contribution in [-0.2, 0) is 14.4 Å². The summed E-state index contributed by atoms with van der Waals surface area (Å²) in [5, 5.41) is 8.81. The molecule has 108 valence electrons. The van der Waals surface area contributed by atoms with Gasteiger partial charge in [0.2, 0.25) is 11.8 Å². The highest BCUT2D eigenvalue weighted by molar-refractivity contribution is 5.87. The summed E-state index contributed by atoms with van der Waals surface area (Å²) in [6, 6.07) is -0.540. The molecule has 0 spiro atoms. The van der Waals surface area contributed by atoms with Crippen molar-refractivity contribution in [1.82, 2.24) is 4.90 Å². The first kappa shape index (κ1) is 15.5. The van der Waals surface area contributed by atoms with Gasteiger partial charge < -0.3 is 15.7 Å². The molecule has 3 N–H and O–H groups in total. The van der Waals surface area contributed by atoms with Crippen LogP contribution in [0.2, 0.25) is 0 Å². The maximum Gasteiger partial charge on any atom is 0.303 e. The molecular formula is C13H22N2O4. The molecule has 1 saturated heterocycles. The van der Waals surface area contributed by atoms with Crippen molar-refractivity contribution in [3.63, 3.8) is 0 Å². The highest BCUT2D eigenvalue weighted by atomic mass is 16.4. The van der Waals surface area contributed by atoms with Crippen molar-refractivity contribution in [1.29, 1.82) is 0 Å². The fourth-order valence-corrected chi connectivity index (χ4v) is 2.51. The smallest absolute Gasteiger partial charge is 0.303 e. The molecule has 19 heavy (non-hydrogen) atoms. The molecule has 0 aromatic carbocycles.